The van der Waals surface area contributed by atoms with Crippen LogP contribution in [0.1, 0.15) is 40.7 Å². The molecule has 1 heterocycles. The molecule has 0 aliphatic heterocycles. The van der Waals surface area contributed by atoms with Crippen LogP contribution in [0.25, 0.3) is 0 Å². The molecule has 0 aliphatic rings. The molecule has 0 saturated heterocycles. The fraction of sp³-hybridized carbons (Fsp3) is 0.400. The second kappa shape index (κ2) is 5.79. The van der Waals surface area contributed by atoms with Crippen molar-refractivity contribution in [2.75, 3.05) is 6.61 Å². The van der Waals surface area contributed by atoms with Crippen molar-refractivity contribution < 1.29 is 19.4 Å². The standard InChI is InChI=1S/C10H12N2O4/c1-2-3-6-16-10(15)8-7(9(13)14)11-4-5-12-8/h4-5H,2-3,6H2,1H3,(H,13,14). The van der Waals surface area contributed by atoms with Crippen LogP contribution in [0.2, 0.25) is 0 Å². The van der Waals surface area contributed by atoms with Gasteiger partial charge in [0.15, 0.2) is 11.4 Å². The van der Waals surface area contributed by atoms with Gasteiger partial charge in [0.25, 0.3) is 0 Å². The van der Waals surface area contributed by atoms with Crippen LogP contribution in [0, 0.1) is 0 Å². The summed E-state index contributed by atoms with van der Waals surface area (Å²) in [5, 5.41) is 8.78. The maximum Gasteiger partial charge on any atom is 0.359 e. The minimum Gasteiger partial charge on any atom is -0.476 e. The van der Waals surface area contributed by atoms with E-state index >= 15 is 0 Å². The predicted molar refractivity (Wildman–Crippen MR) is 54.2 cm³/mol. The Kier molecular flexibility index (Phi) is 4.38. The highest BCUT2D eigenvalue weighted by Gasteiger charge is 2.20. The molecule has 1 aromatic heterocycles. The first kappa shape index (κ1) is 12.1. The fourth-order valence-corrected chi connectivity index (χ4v) is 1.02. The lowest BCUT2D eigenvalue weighted by Crippen LogP contribution is -2.15. The van der Waals surface area contributed by atoms with E-state index in [1.165, 1.54) is 12.4 Å². The van der Waals surface area contributed by atoms with Crippen LogP contribution in [0.3, 0.4) is 0 Å². The van der Waals surface area contributed by atoms with Crippen LogP contribution in [0.4, 0.5) is 0 Å². The molecular formula is C10H12N2O4. The summed E-state index contributed by atoms with van der Waals surface area (Å²) in [6.45, 7) is 2.21. The number of hydrogen-bond donors (Lipinski definition) is 1. The van der Waals surface area contributed by atoms with E-state index in [0.717, 1.165) is 12.8 Å². The van der Waals surface area contributed by atoms with E-state index in [-0.39, 0.29) is 18.0 Å². The van der Waals surface area contributed by atoms with Crippen molar-refractivity contribution in [2.24, 2.45) is 0 Å². The van der Waals surface area contributed by atoms with Gasteiger partial charge in [-0.15, -0.1) is 0 Å². The first-order chi connectivity index (χ1) is 7.66. The van der Waals surface area contributed by atoms with Gasteiger partial charge < -0.3 is 9.84 Å². The van der Waals surface area contributed by atoms with Crippen LogP contribution >= 0.6 is 0 Å². The lowest BCUT2D eigenvalue weighted by molar-refractivity contribution is 0.0480. The van der Waals surface area contributed by atoms with Gasteiger partial charge in [0.2, 0.25) is 0 Å². The number of hydrogen-bond acceptors (Lipinski definition) is 5. The second-order valence-corrected chi connectivity index (χ2v) is 3.05. The van der Waals surface area contributed by atoms with Gasteiger partial charge in [-0.25, -0.2) is 19.6 Å². The van der Waals surface area contributed by atoms with Crippen molar-refractivity contribution in [1.82, 2.24) is 9.97 Å². The van der Waals surface area contributed by atoms with Crippen LogP contribution in [-0.2, 0) is 4.74 Å². The van der Waals surface area contributed by atoms with E-state index in [1.807, 2.05) is 6.92 Å². The minimum absolute atomic E-state index is 0.255. The molecule has 0 bridgehead atoms. The van der Waals surface area contributed by atoms with E-state index in [0.29, 0.717) is 0 Å². The zero-order valence-corrected chi connectivity index (χ0v) is 8.84. The molecule has 0 spiro atoms. The third kappa shape index (κ3) is 3.01. The van der Waals surface area contributed by atoms with E-state index in [9.17, 15) is 9.59 Å². The summed E-state index contributed by atoms with van der Waals surface area (Å²) >= 11 is 0. The van der Waals surface area contributed by atoms with Gasteiger partial charge in [0.05, 0.1) is 6.61 Å². The number of unbranched alkanes of at least 4 members (excludes halogenated alkanes) is 1. The van der Waals surface area contributed by atoms with Crippen molar-refractivity contribution >= 4 is 11.9 Å². The summed E-state index contributed by atoms with van der Waals surface area (Å²) in [7, 11) is 0. The summed E-state index contributed by atoms with van der Waals surface area (Å²) in [5.74, 6) is -2.05. The quantitative estimate of drug-likeness (QED) is 0.595. The Morgan fingerprint density at radius 1 is 1.31 bits per heavy atom. The molecule has 1 aromatic rings. The van der Waals surface area contributed by atoms with Gasteiger partial charge in [-0.2, -0.15) is 0 Å². The van der Waals surface area contributed by atoms with Gasteiger partial charge in [-0.05, 0) is 6.42 Å². The lowest BCUT2D eigenvalue weighted by atomic mass is 10.3. The number of aromatic nitrogens is 2. The number of rotatable bonds is 5. The van der Waals surface area contributed by atoms with E-state index in [1.54, 1.807) is 0 Å². The molecule has 0 saturated carbocycles. The lowest BCUT2D eigenvalue weighted by Gasteiger charge is -2.04. The van der Waals surface area contributed by atoms with Crippen molar-refractivity contribution in [3.8, 4) is 0 Å². The average molecular weight is 224 g/mol. The maximum absolute atomic E-state index is 11.5. The maximum atomic E-state index is 11.5. The van der Waals surface area contributed by atoms with Crippen LogP contribution in [0.5, 0.6) is 0 Å². The minimum atomic E-state index is -1.30. The molecule has 0 aromatic carbocycles. The smallest absolute Gasteiger partial charge is 0.359 e. The number of carboxylic acids is 1. The monoisotopic (exact) mass is 224 g/mol. The number of aromatic carboxylic acids is 1. The number of esters is 1. The van der Waals surface area contributed by atoms with Gasteiger partial charge >= 0.3 is 11.9 Å². The highest BCUT2D eigenvalue weighted by Crippen LogP contribution is 2.04. The molecule has 6 nitrogen and oxygen atoms in total. The van der Waals surface area contributed by atoms with Gasteiger partial charge in [0.1, 0.15) is 0 Å². The Balaban J connectivity index is 2.78. The molecule has 0 amide bonds. The third-order valence-electron chi connectivity index (χ3n) is 1.83. The molecule has 0 radical (unpaired) electrons. The number of carbonyl (C=O) groups is 2. The molecule has 0 atom stereocenters. The molecule has 1 rings (SSSR count). The molecule has 0 aliphatic carbocycles. The first-order valence-corrected chi connectivity index (χ1v) is 4.88. The van der Waals surface area contributed by atoms with Gasteiger partial charge in [-0.1, -0.05) is 13.3 Å². The Bertz CT molecular complexity index is 392. The van der Waals surface area contributed by atoms with E-state index < -0.39 is 11.9 Å². The molecular weight excluding hydrogens is 212 g/mol. The SMILES string of the molecule is CCCCOC(=O)c1nccnc1C(=O)O. The Labute approximate surface area is 92.3 Å². The molecule has 0 fully saturated rings. The largest absolute Gasteiger partial charge is 0.476 e. The van der Waals surface area contributed by atoms with Crippen molar-refractivity contribution in [1.29, 1.82) is 0 Å². The average Bonchev–Trinajstić information content (AvgIpc) is 2.29. The summed E-state index contributed by atoms with van der Waals surface area (Å²) in [6, 6.07) is 0. The molecule has 6 heteroatoms. The highest BCUT2D eigenvalue weighted by molar-refractivity contribution is 5.99. The summed E-state index contributed by atoms with van der Waals surface area (Å²) in [6.07, 6.45) is 4.09. The van der Waals surface area contributed by atoms with Crippen molar-refractivity contribution in [3.05, 3.63) is 23.8 Å². The number of nitrogens with zero attached hydrogens (tertiary/aromatic N) is 2. The zero-order chi connectivity index (χ0) is 12.0. The van der Waals surface area contributed by atoms with Gasteiger partial charge in [-0.3, -0.25) is 0 Å². The van der Waals surface area contributed by atoms with E-state index in [2.05, 4.69) is 9.97 Å². The number of carbonyl (C=O) groups excluding carboxylic acids is 1. The van der Waals surface area contributed by atoms with Crippen LogP contribution in [-0.4, -0.2) is 33.6 Å². The Morgan fingerprint density at radius 3 is 2.50 bits per heavy atom. The normalized spacial score (nSPS) is 9.81. The second-order valence-electron chi connectivity index (χ2n) is 3.05. The summed E-state index contributed by atoms with van der Waals surface area (Å²) in [4.78, 5) is 29.4. The zero-order valence-electron chi connectivity index (χ0n) is 8.84. The summed E-state index contributed by atoms with van der Waals surface area (Å²) < 4.78 is 4.85. The Morgan fingerprint density at radius 2 is 1.94 bits per heavy atom. The number of carboxylic acid groups (broad SMARTS) is 1. The highest BCUT2D eigenvalue weighted by atomic mass is 16.5. The van der Waals surface area contributed by atoms with Crippen LogP contribution in [0.15, 0.2) is 12.4 Å². The molecule has 1 N–H and O–H groups in total. The van der Waals surface area contributed by atoms with Crippen LogP contribution < -0.4 is 0 Å². The first-order valence-electron chi connectivity index (χ1n) is 4.88. The van der Waals surface area contributed by atoms with Gasteiger partial charge in [0, 0.05) is 12.4 Å². The third-order valence-corrected chi connectivity index (χ3v) is 1.83. The van der Waals surface area contributed by atoms with E-state index in [4.69, 9.17) is 9.84 Å². The molecule has 0 unspecified atom stereocenters. The summed E-state index contributed by atoms with van der Waals surface area (Å²) in [5.41, 5.74) is -0.643. The molecule has 16 heavy (non-hydrogen) atoms. The predicted octanol–water partition coefficient (Wildman–Crippen LogP) is 1.13. The molecule has 86 valence electrons. The Hall–Kier alpha value is -1.98. The number of ether oxygens (including phenoxy) is 1. The topological polar surface area (TPSA) is 89.4 Å². The van der Waals surface area contributed by atoms with Crippen molar-refractivity contribution in [2.45, 2.75) is 19.8 Å². The van der Waals surface area contributed by atoms with Crippen molar-refractivity contribution in [3.63, 3.8) is 0 Å². The fourth-order valence-electron chi connectivity index (χ4n) is 1.02.